The molecule has 1 fully saturated rings. The molecule has 116 valence electrons. The van der Waals surface area contributed by atoms with Crippen molar-refractivity contribution in [2.24, 2.45) is 0 Å². The zero-order valence-corrected chi connectivity index (χ0v) is 14.4. The molecule has 1 N–H and O–H groups in total. The summed E-state index contributed by atoms with van der Waals surface area (Å²) in [6.45, 7) is 6.51. The minimum atomic E-state index is -0.0534. The second-order valence-corrected chi connectivity index (χ2v) is 6.64. The van der Waals surface area contributed by atoms with E-state index in [1.54, 1.807) is 13.2 Å². The van der Waals surface area contributed by atoms with E-state index in [4.69, 9.17) is 4.74 Å². The van der Waals surface area contributed by atoms with Crippen molar-refractivity contribution in [3.05, 3.63) is 28.2 Å². The summed E-state index contributed by atoms with van der Waals surface area (Å²) in [5.41, 5.74) is 0.590. The predicted molar refractivity (Wildman–Crippen MR) is 87.9 cm³/mol. The molecule has 0 saturated carbocycles. The Bertz CT molecular complexity index is 497. The first-order valence-electron chi connectivity index (χ1n) is 7.39. The Kier molecular flexibility index (Phi) is 5.65. The van der Waals surface area contributed by atoms with Crippen LogP contribution in [0.15, 0.2) is 22.7 Å². The molecule has 1 aromatic rings. The second kappa shape index (κ2) is 7.27. The fraction of sp³-hybridized carbons (Fsp3) is 0.562. The lowest BCUT2D eigenvalue weighted by Crippen LogP contribution is -2.46. The Morgan fingerprint density at radius 3 is 2.62 bits per heavy atom. The normalized spacial score (nSPS) is 17.0. The molecule has 5 heteroatoms. The molecule has 1 aromatic carbocycles. The summed E-state index contributed by atoms with van der Waals surface area (Å²) in [4.78, 5) is 14.8. The third-order valence-electron chi connectivity index (χ3n) is 4.00. The van der Waals surface area contributed by atoms with Crippen LogP contribution in [0.3, 0.4) is 0 Å². The quantitative estimate of drug-likeness (QED) is 0.903. The zero-order valence-electron chi connectivity index (χ0n) is 12.9. The first-order valence-corrected chi connectivity index (χ1v) is 8.19. The first kappa shape index (κ1) is 16.3. The monoisotopic (exact) mass is 354 g/mol. The molecule has 1 amide bonds. The van der Waals surface area contributed by atoms with Gasteiger partial charge in [-0.25, -0.2) is 0 Å². The molecule has 0 spiro atoms. The highest BCUT2D eigenvalue weighted by Crippen LogP contribution is 2.24. The number of carbonyl (C=O) groups excluding carboxylic acids is 1. The number of hydrogen-bond donors (Lipinski definition) is 1. The van der Waals surface area contributed by atoms with Gasteiger partial charge in [-0.3, -0.25) is 4.79 Å². The van der Waals surface area contributed by atoms with Crippen molar-refractivity contribution in [3.63, 3.8) is 0 Å². The van der Waals surface area contributed by atoms with Crippen molar-refractivity contribution in [1.82, 2.24) is 10.2 Å². The van der Waals surface area contributed by atoms with Crippen molar-refractivity contribution >= 4 is 21.8 Å². The Hall–Kier alpha value is -1.07. The molecule has 0 unspecified atom stereocenters. The molecule has 1 aliphatic heterocycles. The molecule has 0 atom stereocenters. The molecule has 0 bridgehead atoms. The maximum atomic E-state index is 12.4. The lowest BCUT2D eigenvalue weighted by Gasteiger charge is -2.34. The number of amides is 1. The SMILES string of the molecule is COc1cc(Br)ccc1C(=O)NC1CCN(C(C)C)CC1. The Morgan fingerprint density at radius 1 is 1.38 bits per heavy atom. The summed E-state index contributed by atoms with van der Waals surface area (Å²) in [6, 6.07) is 6.30. The topological polar surface area (TPSA) is 41.6 Å². The minimum absolute atomic E-state index is 0.0534. The van der Waals surface area contributed by atoms with E-state index >= 15 is 0 Å². The third-order valence-corrected chi connectivity index (χ3v) is 4.50. The van der Waals surface area contributed by atoms with Gasteiger partial charge in [0.05, 0.1) is 12.7 Å². The van der Waals surface area contributed by atoms with Gasteiger partial charge in [0, 0.05) is 29.6 Å². The van der Waals surface area contributed by atoms with Gasteiger partial charge in [0.1, 0.15) is 5.75 Å². The highest BCUT2D eigenvalue weighted by molar-refractivity contribution is 9.10. The molecule has 21 heavy (non-hydrogen) atoms. The van der Waals surface area contributed by atoms with E-state index < -0.39 is 0 Å². The van der Waals surface area contributed by atoms with Crippen LogP contribution < -0.4 is 10.1 Å². The van der Waals surface area contributed by atoms with E-state index in [-0.39, 0.29) is 11.9 Å². The summed E-state index contributed by atoms with van der Waals surface area (Å²) in [5, 5.41) is 3.13. The molecule has 1 heterocycles. The second-order valence-electron chi connectivity index (χ2n) is 5.72. The molecule has 1 saturated heterocycles. The van der Waals surface area contributed by atoms with Gasteiger partial charge in [-0.1, -0.05) is 15.9 Å². The van der Waals surface area contributed by atoms with Crippen LogP contribution in [0.4, 0.5) is 0 Å². The lowest BCUT2D eigenvalue weighted by molar-refractivity contribution is 0.0897. The third kappa shape index (κ3) is 4.20. The summed E-state index contributed by atoms with van der Waals surface area (Å²) in [5.74, 6) is 0.545. The summed E-state index contributed by atoms with van der Waals surface area (Å²) in [7, 11) is 1.58. The molecule has 4 nitrogen and oxygen atoms in total. The lowest BCUT2D eigenvalue weighted by atomic mass is 10.0. The molecule has 1 aliphatic rings. The van der Waals surface area contributed by atoms with E-state index in [9.17, 15) is 4.79 Å². The van der Waals surface area contributed by atoms with Crippen LogP contribution in [0.2, 0.25) is 0 Å². The number of carbonyl (C=O) groups is 1. The van der Waals surface area contributed by atoms with Gasteiger partial charge in [0.2, 0.25) is 0 Å². The number of halogens is 1. The summed E-state index contributed by atoms with van der Waals surface area (Å²) >= 11 is 3.39. The number of hydrogen-bond acceptors (Lipinski definition) is 3. The molecule has 0 radical (unpaired) electrons. The highest BCUT2D eigenvalue weighted by atomic mass is 79.9. The minimum Gasteiger partial charge on any atom is -0.496 e. The number of rotatable bonds is 4. The molecular weight excluding hydrogens is 332 g/mol. The number of likely N-dealkylation sites (tertiary alicyclic amines) is 1. The van der Waals surface area contributed by atoms with E-state index in [2.05, 4.69) is 40.0 Å². The fourth-order valence-corrected chi connectivity index (χ4v) is 3.02. The first-order chi connectivity index (χ1) is 10.0. The van der Waals surface area contributed by atoms with Crippen molar-refractivity contribution in [3.8, 4) is 5.75 Å². The smallest absolute Gasteiger partial charge is 0.255 e. The summed E-state index contributed by atoms with van der Waals surface area (Å²) < 4.78 is 6.19. The maximum absolute atomic E-state index is 12.4. The van der Waals surface area contributed by atoms with Crippen molar-refractivity contribution in [2.75, 3.05) is 20.2 Å². The van der Waals surface area contributed by atoms with Gasteiger partial charge >= 0.3 is 0 Å². The maximum Gasteiger partial charge on any atom is 0.255 e. The van der Waals surface area contributed by atoms with Crippen LogP contribution in [0.25, 0.3) is 0 Å². The van der Waals surface area contributed by atoms with Crippen LogP contribution in [0, 0.1) is 0 Å². The number of nitrogens with one attached hydrogen (secondary N) is 1. The zero-order chi connectivity index (χ0) is 15.4. The van der Waals surface area contributed by atoms with Gasteiger partial charge in [0.25, 0.3) is 5.91 Å². The molecule has 0 aromatic heterocycles. The summed E-state index contributed by atoms with van der Waals surface area (Å²) in [6.07, 6.45) is 2.01. The molecule has 0 aliphatic carbocycles. The van der Waals surface area contributed by atoms with Gasteiger partial charge in [-0.05, 0) is 44.9 Å². The van der Waals surface area contributed by atoms with Gasteiger partial charge in [0.15, 0.2) is 0 Å². The van der Waals surface area contributed by atoms with Crippen LogP contribution in [-0.4, -0.2) is 43.1 Å². The molecular formula is C16H23BrN2O2. The van der Waals surface area contributed by atoms with Crippen LogP contribution in [0.5, 0.6) is 5.75 Å². The van der Waals surface area contributed by atoms with E-state index in [1.807, 2.05) is 12.1 Å². The predicted octanol–water partition coefficient (Wildman–Crippen LogP) is 3.06. The van der Waals surface area contributed by atoms with E-state index in [0.29, 0.717) is 17.4 Å². The fourth-order valence-electron chi connectivity index (χ4n) is 2.68. The van der Waals surface area contributed by atoms with E-state index in [0.717, 1.165) is 30.4 Å². The van der Waals surface area contributed by atoms with E-state index in [1.165, 1.54) is 0 Å². The Morgan fingerprint density at radius 2 is 2.05 bits per heavy atom. The van der Waals surface area contributed by atoms with Crippen molar-refractivity contribution in [1.29, 1.82) is 0 Å². The van der Waals surface area contributed by atoms with Crippen LogP contribution in [0.1, 0.15) is 37.0 Å². The van der Waals surface area contributed by atoms with Crippen LogP contribution in [-0.2, 0) is 0 Å². The number of ether oxygens (including phenoxy) is 1. The molecule has 2 rings (SSSR count). The van der Waals surface area contributed by atoms with Gasteiger partial charge < -0.3 is 15.0 Å². The number of methoxy groups -OCH3 is 1. The Labute approximate surface area is 135 Å². The van der Waals surface area contributed by atoms with Gasteiger partial charge in [-0.15, -0.1) is 0 Å². The van der Waals surface area contributed by atoms with Crippen LogP contribution >= 0.6 is 15.9 Å². The Balaban J connectivity index is 1.96. The van der Waals surface area contributed by atoms with Crippen molar-refractivity contribution in [2.45, 2.75) is 38.8 Å². The highest BCUT2D eigenvalue weighted by Gasteiger charge is 2.23. The average molecular weight is 355 g/mol. The average Bonchev–Trinajstić information content (AvgIpc) is 2.47. The van der Waals surface area contributed by atoms with Gasteiger partial charge in [-0.2, -0.15) is 0 Å². The number of nitrogens with zero attached hydrogens (tertiary/aromatic N) is 1. The van der Waals surface area contributed by atoms with Crippen molar-refractivity contribution < 1.29 is 9.53 Å². The number of piperidine rings is 1. The number of benzene rings is 1. The largest absolute Gasteiger partial charge is 0.496 e. The standard InChI is InChI=1S/C16H23BrN2O2/c1-11(2)19-8-6-13(7-9-19)18-16(20)14-5-4-12(17)10-15(14)21-3/h4-5,10-11,13H,6-9H2,1-3H3,(H,18,20).